The van der Waals surface area contributed by atoms with Crippen molar-refractivity contribution in [1.29, 1.82) is 0 Å². The van der Waals surface area contributed by atoms with Crippen molar-refractivity contribution in [3.63, 3.8) is 0 Å². The third kappa shape index (κ3) is 3.95. The summed E-state index contributed by atoms with van der Waals surface area (Å²) in [5.41, 5.74) is 3.22. The molecule has 0 fully saturated rings. The highest BCUT2D eigenvalue weighted by Gasteiger charge is 2.25. The fourth-order valence-corrected chi connectivity index (χ4v) is 3.88. The summed E-state index contributed by atoms with van der Waals surface area (Å²) in [6.45, 7) is 5.89. The van der Waals surface area contributed by atoms with Gasteiger partial charge < -0.3 is 9.30 Å². The van der Waals surface area contributed by atoms with Crippen LogP contribution in [0.5, 0.6) is 0 Å². The van der Waals surface area contributed by atoms with Crippen LogP contribution in [-0.2, 0) is 24.4 Å². The maximum Gasteiger partial charge on any atom is 0.107 e. The zero-order chi connectivity index (χ0) is 17.1. The van der Waals surface area contributed by atoms with Gasteiger partial charge in [-0.15, -0.1) is 11.3 Å². The minimum Gasteiger partial charge on any atom is -0.373 e. The summed E-state index contributed by atoms with van der Waals surface area (Å²) in [5.74, 6) is 0. The smallest absolute Gasteiger partial charge is 0.107 e. The number of aryl methyl sites for hydroxylation is 1. The van der Waals surface area contributed by atoms with Gasteiger partial charge in [0.2, 0.25) is 0 Å². The first-order valence-corrected chi connectivity index (χ1v) is 9.27. The highest BCUT2D eigenvalue weighted by Crippen LogP contribution is 2.23. The first-order valence-electron chi connectivity index (χ1n) is 8.39. The summed E-state index contributed by atoms with van der Waals surface area (Å²) in [7, 11) is 0. The lowest BCUT2D eigenvalue weighted by molar-refractivity contribution is 0.0572. The lowest BCUT2D eigenvalue weighted by Gasteiger charge is -2.33. The lowest BCUT2D eigenvalue weighted by Crippen LogP contribution is -2.38. The van der Waals surface area contributed by atoms with Crippen LogP contribution >= 0.6 is 11.3 Å². The molecule has 0 amide bonds. The Bertz CT molecular complexity index is 817. The van der Waals surface area contributed by atoms with E-state index < -0.39 is 0 Å². The Hall–Kier alpha value is -2.09. The molecule has 0 aromatic carbocycles. The molecule has 4 rings (SSSR count). The number of rotatable bonds is 6. The van der Waals surface area contributed by atoms with Crippen molar-refractivity contribution >= 4 is 11.3 Å². The number of fused-ring (bicyclic) bond motifs is 1. The molecule has 1 atom stereocenters. The largest absolute Gasteiger partial charge is 0.373 e. The van der Waals surface area contributed by atoms with Gasteiger partial charge in [0, 0.05) is 36.6 Å². The third-order valence-electron chi connectivity index (χ3n) is 4.34. The molecule has 7 heteroatoms. The van der Waals surface area contributed by atoms with Crippen LogP contribution in [0.15, 0.2) is 42.3 Å². The molecule has 0 bridgehead atoms. The molecule has 3 aromatic heterocycles. The maximum absolute atomic E-state index is 5.97. The molecule has 4 heterocycles. The summed E-state index contributed by atoms with van der Waals surface area (Å²) < 4.78 is 8.21. The quantitative estimate of drug-likeness (QED) is 0.680. The fourth-order valence-electron chi connectivity index (χ4n) is 3.22. The van der Waals surface area contributed by atoms with Crippen molar-refractivity contribution < 1.29 is 4.74 Å². The highest BCUT2D eigenvalue weighted by molar-refractivity contribution is 7.09. The summed E-state index contributed by atoms with van der Waals surface area (Å²) >= 11 is 1.70. The van der Waals surface area contributed by atoms with Crippen molar-refractivity contribution in [2.75, 3.05) is 13.2 Å². The van der Waals surface area contributed by atoms with E-state index >= 15 is 0 Å². The minimum absolute atomic E-state index is 0.260. The average Bonchev–Trinajstić information content (AvgIpc) is 3.26. The first-order chi connectivity index (χ1) is 12.3. The van der Waals surface area contributed by atoms with Crippen molar-refractivity contribution in [3.8, 4) is 0 Å². The number of thiazole rings is 1. The number of aromatic nitrogens is 4. The number of pyridine rings is 1. The van der Waals surface area contributed by atoms with E-state index in [4.69, 9.17) is 4.74 Å². The Labute approximate surface area is 151 Å². The Kier molecular flexibility index (Phi) is 4.87. The molecule has 1 aliphatic heterocycles. The van der Waals surface area contributed by atoms with Crippen LogP contribution in [0.25, 0.3) is 0 Å². The SMILES string of the molecule is Cc1cccc(COC[C@@H]2CN(Cc3nccs3)Cc3cncn32)n1. The summed E-state index contributed by atoms with van der Waals surface area (Å²) in [6.07, 6.45) is 5.72. The standard InChI is InChI=1S/C18H21N5OS/c1-14-3-2-4-15(21-14)11-24-12-17-9-22(10-18-20-5-6-25-18)8-16-7-19-13-23(16)17/h2-7,13,17H,8-12H2,1H3/t17-/m0/s1. The molecule has 1 aliphatic rings. The molecule has 0 saturated heterocycles. The van der Waals surface area contributed by atoms with Crippen LogP contribution in [0.3, 0.4) is 0 Å². The Morgan fingerprint density at radius 1 is 1.36 bits per heavy atom. The van der Waals surface area contributed by atoms with E-state index in [9.17, 15) is 0 Å². The lowest BCUT2D eigenvalue weighted by atomic mass is 10.2. The maximum atomic E-state index is 5.97. The van der Waals surface area contributed by atoms with Gasteiger partial charge in [-0.3, -0.25) is 9.88 Å². The number of nitrogens with zero attached hydrogens (tertiary/aromatic N) is 5. The molecular formula is C18H21N5OS. The zero-order valence-electron chi connectivity index (χ0n) is 14.2. The zero-order valence-corrected chi connectivity index (χ0v) is 15.0. The second-order valence-corrected chi connectivity index (χ2v) is 7.31. The van der Waals surface area contributed by atoms with Gasteiger partial charge in [-0.05, 0) is 19.1 Å². The van der Waals surface area contributed by atoms with Crippen LogP contribution in [0.1, 0.15) is 28.1 Å². The van der Waals surface area contributed by atoms with Crippen molar-refractivity contribution in [2.45, 2.75) is 32.7 Å². The summed E-state index contributed by atoms with van der Waals surface area (Å²) in [5, 5.41) is 3.18. The molecule has 0 saturated carbocycles. The molecular weight excluding hydrogens is 334 g/mol. The Morgan fingerprint density at radius 3 is 3.16 bits per heavy atom. The van der Waals surface area contributed by atoms with Gasteiger partial charge in [-0.1, -0.05) is 6.07 Å². The van der Waals surface area contributed by atoms with Gasteiger partial charge in [0.15, 0.2) is 0 Å². The Balaban J connectivity index is 1.39. The number of ether oxygens (including phenoxy) is 1. The molecule has 0 radical (unpaired) electrons. The first kappa shape index (κ1) is 16.4. The van der Waals surface area contributed by atoms with E-state index in [1.165, 1.54) is 5.69 Å². The predicted molar refractivity (Wildman–Crippen MR) is 96.1 cm³/mol. The Morgan fingerprint density at radius 2 is 2.32 bits per heavy atom. The van der Waals surface area contributed by atoms with Crippen LogP contribution in [0.4, 0.5) is 0 Å². The monoisotopic (exact) mass is 355 g/mol. The summed E-state index contributed by atoms with van der Waals surface area (Å²) in [6, 6.07) is 6.28. The van der Waals surface area contributed by atoms with Gasteiger partial charge in [-0.2, -0.15) is 0 Å². The van der Waals surface area contributed by atoms with Gasteiger partial charge in [-0.25, -0.2) is 9.97 Å². The van der Waals surface area contributed by atoms with Crippen LogP contribution in [0.2, 0.25) is 0 Å². The van der Waals surface area contributed by atoms with Gasteiger partial charge in [0.05, 0.1) is 43.5 Å². The third-order valence-corrected chi connectivity index (χ3v) is 5.11. The molecule has 0 aliphatic carbocycles. The molecule has 25 heavy (non-hydrogen) atoms. The summed E-state index contributed by atoms with van der Waals surface area (Å²) in [4.78, 5) is 15.6. The van der Waals surface area contributed by atoms with Crippen LogP contribution in [0, 0.1) is 6.92 Å². The van der Waals surface area contributed by atoms with Crippen molar-refractivity contribution in [2.24, 2.45) is 0 Å². The van der Waals surface area contributed by atoms with E-state index in [0.29, 0.717) is 13.2 Å². The molecule has 0 spiro atoms. The highest BCUT2D eigenvalue weighted by atomic mass is 32.1. The molecule has 130 valence electrons. The number of hydrogen-bond acceptors (Lipinski definition) is 6. The average molecular weight is 355 g/mol. The van der Waals surface area contributed by atoms with Gasteiger partial charge in [0.1, 0.15) is 5.01 Å². The van der Waals surface area contributed by atoms with Gasteiger partial charge >= 0.3 is 0 Å². The second-order valence-electron chi connectivity index (χ2n) is 6.33. The molecule has 6 nitrogen and oxygen atoms in total. The van der Waals surface area contributed by atoms with E-state index in [-0.39, 0.29) is 6.04 Å². The number of imidazole rings is 1. The fraction of sp³-hybridized carbons (Fsp3) is 0.389. The van der Waals surface area contributed by atoms with Crippen LogP contribution < -0.4 is 0 Å². The molecule has 0 unspecified atom stereocenters. The van der Waals surface area contributed by atoms with Crippen LogP contribution in [-0.4, -0.2) is 37.6 Å². The minimum atomic E-state index is 0.260. The number of hydrogen-bond donors (Lipinski definition) is 0. The van der Waals surface area contributed by atoms with Crippen molar-refractivity contribution in [3.05, 3.63) is 64.4 Å². The normalized spacial score (nSPS) is 17.6. The molecule has 3 aromatic rings. The van der Waals surface area contributed by atoms with E-state index in [1.807, 2.05) is 49.2 Å². The van der Waals surface area contributed by atoms with E-state index in [2.05, 4.69) is 24.4 Å². The topological polar surface area (TPSA) is 56.1 Å². The van der Waals surface area contributed by atoms with E-state index in [0.717, 1.165) is 36.0 Å². The second kappa shape index (κ2) is 7.43. The predicted octanol–water partition coefficient (Wildman–Crippen LogP) is 2.82. The van der Waals surface area contributed by atoms with Gasteiger partial charge in [0.25, 0.3) is 0 Å². The van der Waals surface area contributed by atoms with Crippen molar-refractivity contribution in [1.82, 2.24) is 24.4 Å². The molecule has 0 N–H and O–H groups in total. The van der Waals surface area contributed by atoms with E-state index in [1.54, 1.807) is 11.3 Å².